The smallest absolute Gasteiger partial charge is 0.362 e. The van der Waals surface area contributed by atoms with Crippen molar-refractivity contribution in [2.45, 2.75) is 18.0 Å². The van der Waals surface area contributed by atoms with Crippen molar-refractivity contribution in [3.63, 3.8) is 0 Å². The maximum absolute atomic E-state index is 12.5. The summed E-state index contributed by atoms with van der Waals surface area (Å²) in [5.41, 5.74) is 1.92. The highest BCUT2D eigenvalue weighted by molar-refractivity contribution is 7.99. The molecule has 0 spiro atoms. The van der Waals surface area contributed by atoms with Gasteiger partial charge >= 0.3 is 6.18 Å². The molecule has 0 fully saturated rings. The molecule has 0 amide bonds. The van der Waals surface area contributed by atoms with Crippen molar-refractivity contribution in [2.24, 2.45) is 4.99 Å². The van der Waals surface area contributed by atoms with Gasteiger partial charge in [0.15, 0.2) is 0 Å². The second-order valence-electron chi connectivity index (χ2n) is 5.81. The van der Waals surface area contributed by atoms with Crippen molar-refractivity contribution in [3.8, 4) is 0 Å². The lowest BCUT2D eigenvalue weighted by Gasteiger charge is -2.17. The molecule has 0 aliphatic heterocycles. The quantitative estimate of drug-likeness (QED) is 0.314. The molecular weight excluding hydrogens is 404 g/mol. The molecule has 0 saturated carbocycles. The fourth-order valence-corrected chi connectivity index (χ4v) is 3.37. The number of amidine groups is 1. The Hall–Kier alpha value is -1.37. The standard InChI is InChI=1S/C18H17Cl2F3N2S/c1-11-8-14(20)15(9-16(11)26-10-18(21,22)23)24-17(25(2)3)12-4-6-13(19)7-5-12/h4-9H,10H2,1-3H3/b24-17-. The van der Waals surface area contributed by atoms with Crippen LogP contribution < -0.4 is 0 Å². The Kier molecular flexibility index (Phi) is 6.88. The number of alkyl halides is 3. The van der Waals surface area contributed by atoms with Gasteiger partial charge in [0.05, 0.1) is 16.5 Å². The summed E-state index contributed by atoms with van der Waals surface area (Å²) in [7, 11) is 3.66. The van der Waals surface area contributed by atoms with Gasteiger partial charge in [0.1, 0.15) is 5.84 Å². The second-order valence-corrected chi connectivity index (χ2v) is 7.67. The van der Waals surface area contributed by atoms with Gasteiger partial charge in [-0.1, -0.05) is 23.2 Å². The van der Waals surface area contributed by atoms with Crippen LogP contribution in [0.3, 0.4) is 0 Å². The van der Waals surface area contributed by atoms with Crippen LogP contribution >= 0.6 is 35.0 Å². The van der Waals surface area contributed by atoms with Crippen molar-refractivity contribution in [3.05, 3.63) is 57.6 Å². The molecule has 2 rings (SSSR count). The normalized spacial score (nSPS) is 12.4. The van der Waals surface area contributed by atoms with E-state index in [-0.39, 0.29) is 0 Å². The Morgan fingerprint density at radius 2 is 1.73 bits per heavy atom. The average Bonchev–Trinajstić information content (AvgIpc) is 2.53. The van der Waals surface area contributed by atoms with Gasteiger partial charge in [-0.3, -0.25) is 0 Å². The molecule has 0 aliphatic rings. The molecule has 0 aliphatic carbocycles. The second kappa shape index (κ2) is 8.55. The summed E-state index contributed by atoms with van der Waals surface area (Å²) in [5.74, 6) is -0.338. The summed E-state index contributed by atoms with van der Waals surface area (Å²) < 4.78 is 37.6. The minimum absolute atomic E-state index is 0.382. The van der Waals surface area contributed by atoms with Crippen LogP contribution in [0.15, 0.2) is 46.3 Å². The first-order chi connectivity index (χ1) is 12.1. The van der Waals surface area contributed by atoms with Gasteiger partial charge in [0.2, 0.25) is 0 Å². The van der Waals surface area contributed by atoms with Crippen LogP contribution in [0.1, 0.15) is 11.1 Å². The molecule has 2 nitrogen and oxygen atoms in total. The first-order valence-electron chi connectivity index (χ1n) is 7.58. The van der Waals surface area contributed by atoms with Crippen LogP contribution in [0, 0.1) is 6.92 Å². The van der Waals surface area contributed by atoms with E-state index in [9.17, 15) is 13.2 Å². The Balaban J connectivity index is 2.44. The molecule has 140 valence electrons. The summed E-state index contributed by atoms with van der Waals surface area (Å²) >= 11 is 12.9. The Bertz CT molecular complexity index is 803. The van der Waals surface area contributed by atoms with Gasteiger partial charge in [0, 0.05) is 29.6 Å². The highest BCUT2D eigenvalue weighted by Crippen LogP contribution is 2.36. The number of thioether (sulfide) groups is 1. The van der Waals surface area contributed by atoms with E-state index in [1.807, 2.05) is 31.1 Å². The minimum Gasteiger partial charge on any atom is -0.362 e. The predicted octanol–water partition coefficient (Wildman–Crippen LogP) is 6.60. The van der Waals surface area contributed by atoms with Crippen LogP contribution in [0.25, 0.3) is 0 Å². The number of halogens is 5. The van der Waals surface area contributed by atoms with E-state index < -0.39 is 11.9 Å². The molecule has 2 aromatic rings. The Morgan fingerprint density at radius 1 is 1.12 bits per heavy atom. The van der Waals surface area contributed by atoms with Crippen molar-refractivity contribution in [1.29, 1.82) is 0 Å². The van der Waals surface area contributed by atoms with E-state index in [0.29, 0.717) is 32.0 Å². The third-order valence-electron chi connectivity index (χ3n) is 3.39. The van der Waals surface area contributed by atoms with Gasteiger partial charge in [-0.2, -0.15) is 13.2 Å². The van der Waals surface area contributed by atoms with Gasteiger partial charge < -0.3 is 4.90 Å². The first-order valence-corrected chi connectivity index (χ1v) is 9.32. The molecule has 0 atom stereocenters. The highest BCUT2D eigenvalue weighted by atomic mass is 35.5. The lowest BCUT2D eigenvalue weighted by Crippen LogP contribution is -2.22. The highest BCUT2D eigenvalue weighted by Gasteiger charge is 2.27. The molecule has 0 unspecified atom stereocenters. The first kappa shape index (κ1) is 20.9. The van der Waals surface area contributed by atoms with Gasteiger partial charge in [-0.05, 0) is 48.9 Å². The van der Waals surface area contributed by atoms with E-state index in [4.69, 9.17) is 23.2 Å². The van der Waals surface area contributed by atoms with Crippen LogP contribution in [-0.2, 0) is 0 Å². The zero-order chi connectivity index (χ0) is 19.5. The molecule has 8 heteroatoms. The maximum Gasteiger partial charge on any atom is 0.398 e. The van der Waals surface area contributed by atoms with Crippen molar-refractivity contribution >= 4 is 46.5 Å². The summed E-state index contributed by atoms with van der Waals surface area (Å²) in [6.07, 6.45) is -4.24. The molecule has 2 aromatic carbocycles. The average molecular weight is 421 g/mol. The lowest BCUT2D eigenvalue weighted by atomic mass is 10.2. The van der Waals surface area contributed by atoms with E-state index in [1.165, 1.54) is 0 Å². The Labute approximate surface area is 165 Å². The summed E-state index contributed by atoms with van der Waals surface area (Å²) in [6, 6.07) is 10.4. The van der Waals surface area contributed by atoms with E-state index >= 15 is 0 Å². The third kappa shape index (κ3) is 5.83. The minimum atomic E-state index is -4.24. The number of aliphatic imine (C=N–C) groups is 1. The molecule has 0 heterocycles. The predicted molar refractivity (Wildman–Crippen MR) is 104 cm³/mol. The number of benzene rings is 2. The monoisotopic (exact) mass is 420 g/mol. The number of hydrogen-bond acceptors (Lipinski definition) is 2. The van der Waals surface area contributed by atoms with Crippen LogP contribution in [0.4, 0.5) is 18.9 Å². The fourth-order valence-electron chi connectivity index (χ4n) is 2.18. The molecule has 0 saturated heterocycles. The number of aryl methyl sites for hydroxylation is 1. The zero-order valence-electron chi connectivity index (χ0n) is 14.4. The number of nitrogens with zero attached hydrogens (tertiary/aromatic N) is 2. The van der Waals surface area contributed by atoms with Gasteiger partial charge in [-0.25, -0.2) is 4.99 Å². The molecule has 0 bridgehead atoms. The van der Waals surface area contributed by atoms with Crippen LogP contribution in [0.5, 0.6) is 0 Å². The van der Waals surface area contributed by atoms with Crippen molar-refractivity contribution in [2.75, 3.05) is 19.8 Å². The van der Waals surface area contributed by atoms with Crippen LogP contribution in [-0.4, -0.2) is 36.8 Å². The molecule has 26 heavy (non-hydrogen) atoms. The van der Waals surface area contributed by atoms with Gasteiger partial charge in [0.25, 0.3) is 0 Å². The van der Waals surface area contributed by atoms with Crippen LogP contribution in [0.2, 0.25) is 10.0 Å². The Morgan fingerprint density at radius 3 is 2.27 bits per heavy atom. The fraction of sp³-hybridized carbons (Fsp3) is 0.278. The largest absolute Gasteiger partial charge is 0.398 e. The molecule has 0 aromatic heterocycles. The lowest BCUT2D eigenvalue weighted by molar-refractivity contribution is -0.105. The van der Waals surface area contributed by atoms with E-state index in [1.54, 1.807) is 31.2 Å². The zero-order valence-corrected chi connectivity index (χ0v) is 16.7. The van der Waals surface area contributed by atoms with E-state index in [2.05, 4.69) is 4.99 Å². The number of rotatable bonds is 4. The summed E-state index contributed by atoms with van der Waals surface area (Å²) in [5, 5.41) is 0.984. The van der Waals surface area contributed by atoms with Crippen molar-refractivity contribution in [1.82, 2.24) is 4.90 Å². The SMILES string of the molecule is Cc1cc(Cl)c(/N=C(/c2ccc(Cl)cc2)N(C)C)cc1SCC(F)(F)F. The summed E-state index contributed by atoms with van der Waals surface area (Å²) in [4.78, 5) is 6.88. The van der Waals surface area contributed by atoms with Gasteiger partial charge in [-0.15, -0.1) is 11.8 Å². The third-order valence-corrected chi connectivity index (χ3v) is 5.17. The number of hydrogen-bond donors (Lipinski definition) is 0. The topological polar surface area (TPSA) is 15.6 Å². The van der Waals surface area contributed by atoms with E-state index in [0.717, 1.165) is 17.3 Å². The molecule has 0 N–H and O–H groups in total. The maximum atomic E-state index is 12.5. The molecule has 0 radical (unpaired) electrons. The molecular formula is C18H17Cl2F3N2S. The van der Waals surface area contributed by atoms with Crippen molar-refractivity contribution < 1.29 is 13.2 Å². The summed E-state index contributed by atoms with van der Waals surface area (Å²) in [6.45, 7) is 1.73.